The van der Waals surface area contributed by atoms with Crippen LogP contribution in [0.25, 0.3) is 0 Å². The van der Waals surface area contributed by atoms with E-state index in [9.17, 15) is 18.3 Å². The number of hydrogen-bond acceptors (Lipinski definition) is 5. The Labute approximate surface area is 170 Å². The van der Waals surface area contributed by atoms with Gasteiger partial charge < -0.3 is 15.7 Å². The van der Waals surface area contributed by atoms with E-state index in [0.29, 0.717) is 18.1 Å². The van der Waals surface area contributed by atoms with Crippen LogP contribution in [0.2, 0.25) is 0 Å². The van der Waals surface area contributed by atoms with Gasteiger partial charge in [-0.3, -0.25) is 4.98 Å². The van der Waals surface area contributed by atoms with E-state index >= 15 is 0 Å². The first-order valence-electron chi connectivity index (χ1n) is 7.52. The fourth-order valence-corrected chi connectivity index (χ4v) is 2.62. The third-order valence-electron chi connectivity index (χ3n) is 3.11. The molecule has 0 spiro atoms. The van der Waals surface area contributed by atoms with Crippen LogP contribution in [0.1, 0.15) is 29.3 Å². The number of halogens is 4. The lowest BCUT2D eigenvalue weighted by molar-refractivity contribution is -0.140. The Morgan fingerprint density at radius 3 is 2.58 bits per heavy atom. The molecule has 2 aromatic heterocycles. The molecule has 11 heteroatoms. The first-order valence-corrected chi connectivity index (χ1v) is 8.40. The molecule has 0 aliphatic rings. The van der Waals surface area contributed by atoms with E-state index in [1.807, 2.05) is 6.92 Å². The number of rotatable bonds is 6. The summed E-state index contributed by atoms with van der Waals surface area (Å²) in [4.78, 5) is 11.6. The highest BCUT2D eigenvalue weighted by Gasteiger charge is 2.33. The maximum atomic E-state index is 12.5. The lowest BCUT2D eigenvalue weighted by Gasteiger charge is -2.15. The first kappa shape index (κ1) is 22.6. The lowest BCUT2D eigenvalue weighted by Crippen LogP contribution is -2.39. The molecular weight excluding hydrogens is 482 g/mol. The van der Waals surface area contributed by atoms with E-state index < -0.39 is 18.0 Å². The largest absolute Gasteiger partial charge is 0.434 e. The van der Waals surface area contributed by atoms with Crippen LogP contribution >= 0.6 is 35.3 Å². The standard InChI is InChI=1S/C15H18F3N5OS.HI/c1-2-20-14(21-7-11(24)10-3-5-19-6-4-10)22-8-13-23-12(9-25-13)15(16,17)18;/h3-6,9,11,24H,2,7-8H2,1H3,(H2,20,21,22);1H. The number of guanidine groups is 1. The van der Waals surface area contributed by atoms with Crippen LogP contribution in [0.5, 0.6) is 0 Å². The van der Waals surface area contributed by atoms with Gasteiger partial charge in [-0.05, 0) is 24.6 Å². The molecule has 3 N–H and O–H groups in total. The number of aliphatic imine (C=N–C) groups is 1. The van der Waals surface area contributed by atoms with Gasteiger partial charge in [-0.25, -0.2) is 9.98 Å². The van der Waals surface area contributed by atoms with E-state index in [4.69, 9.17) is 0 Å². The molecule has 0 aliphatic heterocycles. The second-order valence-electron chi connectivity index (χ2n) is 5.00. The maximum absolute atomic E-state index is 12.5. The monoisotopic (exact) mass is 501 g/mol. The van der Waals surface area contributed by atoms with Crippen LogP contribution < -0.4 is 10.6 Å². The van der Waals surface area contributed by atoms with Crippen molar-refractivity contribution in [3.63, 3.8) is 0 Å². The Balaban J connectivity index is 0.00000338. The summed E-state index contributed by atoms with van der Waals surface area (Å²) in [5.41, 5.74) is -0.207. The minimum atomic E-state index is -4.45. The minimum Gasteiger partial charge on any atom is -0.387 e. The molecule has 1 unspecified atom stereocenters. The van der Waals surface area contributed by atoms with Crippen molar-refractivity contribution < 1.29 is 18.3 Å². The van der Waals surface area contributed by atoms with Gasteiger partial charge in [0.2, 0.25) is 0 Å². The van der Waals surface area contributed by atoms with E-state index in [0.717, 1.165) is 16.7 Å². The third kappa shape index (κ3) is 7.03. The summed E-state index contributed by atoms with van der Waals surface area (Å²) >= 11 is 0.908. The number of nitrogens with zero attached hydrogens (tertiary/aromatic N) is 3. The zero-order valence-electron chi connectivity index (χ0n) is 13.8. The average molecular weight is 501 g/mol. The summed E-state index contributed by atoms with van der Waals surface area (Å²) in [7, 11) is 0. The van der Waals surface area contributed by atoms with Crippen molar-refractivity contribution in [3.8, 4) is 0 Å². The SMILES string of the molecule is CCNC(=NCc1nc(C(F)(F)F)cs1)NCC(O)c1ccncc1.I. The summed E-state index contributed by atoms with van der Waals surface area (Å²) in [5, 5.41) is 17.3. The van der Waals surface area contributed by atoms with Crippen LogP contribution in [-0.2, 0) is 12.7 Å². The van der Waals surface area contributed by atoms with E-state index in [1.54, 1.807) is 24.5 Å². The van der Waals surface area contributed by atoms with Crippen molar-refractivity contribution in [2.45, 2.75) is 25.7 Å². The highest BCUT2D eigenvalue weighted by molar-refractivity contribution is 14.0. The topological polar surface area (TPSA) is 82.4 Å². The number of aliphatic hydroxyl groups excluding tert-OH is 1. The number of aromatic nitrogens is 2. The Bertz CT molecular complexity index is 696. The molecule has 1 atom stereocenters. The molecule has 0 aromatic carbocycles. The number of nitrogens with one attached hydrogen (secondary N) is 2. The van der Waals surface area contributed by atoms with Crippen molar-refractivity contribution in [1.29, 1.82) is 0 Å². The molecule has 0 amide bonds. The Morgan fingerprint density at radius 1 is 1.31 bits per heavy atom. The van der Waals surface area contributed by atoms with E-state index in [1.165, 1.54) is 0 Å². The molecule has 0 bridgehead atoms. The van der Waals surface area contributed by atoms with Gasteiger partial charge in [0.25, 0.3) is 0 Å². The van der Waals surface area contributed by atoms with Crippen molar-refractivity contribution >= 4 is 41.3 Å². The van der Waals surface area contributed by atoms with Crippen LogP contribution in [0, 0.1) is 0 Å². The maximum Gasteiger partial charge on any atom is 0.434 e. The minimum absolute atomic E-state index is 0. The second-order valence-corrected chi connectivity index (χ2v) is 5.94. The zero-order valence-corrected chi connectivity index (χ0v) is 17.0. The fraction of sp³-hybridized carbons (Fsp3) is 0.400. The summed E-state index contributed by atoms with van der Waals surface area (Å²) in [6.45, 7) is 2.65. The van der Waals surface area contributed by atoms with Crippen molar-refractivity contribution in [2.75, 3.05) is 13.1 Å². The zero-order chi connectivity index (χ0) is 18.3. The molecule has 0 saturated carbocycles. The molecule has 26 heavy (non-hydrogen) atoms. The van der Waals surface area contributed by atoms with Crippen molar-refractivity contribution in [1.82, 2.24) is 20.6 Å². The molecule has 6 nitrogen and oxygen atoms in total. The molecule has 0 aliphatic carbocycles. The Hall–Kier alpha value is -1.47. The molecule has 2 rings (SSSR count). The van der Waals surface area contributed by atoms with Crippen LogP contribution in [0.4, 0.5) is 13.2 Å². The molecule has 0 radical (unpaired) electrons. The highest BCUT2D eigenvalue weighted by atomic mass is 127. The number of hydrogen-bond donors (Lipinski definition) is 3. The third-order valence-corrected chi connectivity index (χ3v) is 3.95. The van der Waals surface area contributed by atoms with Gasteiger partial charge in [0, 0.05) is 30.9 Å². The molecule has 0 saturated heterocycles. The van der Waals surface area contributed by atoms with Crippen molar-refractivity contribution in [2.24, 2.45) is 4.99 Å². The van der Waals surface area contributed by atoms with Crippen LogP contribution in [-0.4, -0.2) is 34.1 Å². The normalized spacial score (nSPS) is 13.0. The molecular formula is C15H19F3IN5OS. The van der Waals surface area contributed by atoms with Gasteiger partial charge >= 0.3 is 6.18 Å². The first-order chi connectivity index (χ1) is 11.9. The number of thiazole rings is 1. The Morgan fingerprint density at radius 2 is 2.00 bits per heavy atom. The fourth-order valence-electron chi connectivity index (χ4n) is 1.90. The molecule has 2 heterocycles. The van der Waals surface area contributed by atoms with E-state index in [-0.39, 0.29) is 42.1 Å². The van der Waals surface area contributed by atoms with Gasteiger partial charge in [-0.15, -0.1) is 35.3 Å². The van der Waals surface area contributed by atoms with Crippen molar-refractivity contribution in [3.05, 3.63) is 46.2 Å². The van der Waals surface area contributed by atoms with Gasteiger partial charge in [0.1, 0.15) is 5.01 Å². The van der Waals surface area contributed by atoms with E-state index in [2.05, 4.69) is 25.6 Å². The van der Waals surface area contributed by atoms with Gasteiger partial charge in [-0.2, -0.15) is 13.2 Å². The molecule has 0 fully saturated rings. The number of pyridine rings is 1. The molecule has 144 valence electrons. The summed E-state index contributed by atoms with van der Waals surface area (Å²) in [6, 6.07) is 3.40. The number of alkyl halides is 3. The van der Waals surface area contributed by atoms with Crippen LogP contribution in [0.3, 0.4) is 0 Å². The predicted molar refractivity (Wildman–Crippen MR) is 105 cm³/mol. The van der Waals surface area contributed by atoms with Gasteiger partial charge in [0.15, 0.2) is 11.7 Å². The van der Waals surface area contributed by atoms with Gasteiger partial charge in [0.05, 0.1) is 12.6 Å². The number of aliphatic hydroxyl groups is 1. The smallest absolute Gasteiger partial charge is 0.387 e. The Kier molecular flexibility index (Phi) is 9.22. The summed E-state index contributed by atoms with van der Waals surface area (Å²) in [5.74, 6) is 0.388. The predicted octanol–water partition coefficient (Wildman–Crippen LogP) is 2.96. The quantitative estimate of drug-likeness (QED) is 0.322. The lowest BCUT2D eigenvalue weighted by atomic mass is 10.1. The van der Waals surface area contributed by atoms with Crippen LogP contribution in [0.15, 0.2) is 34.9 Å². The second kappa shape index (κ2) is 10.6. The average Bonchev–Trinajstić information content (AvgIpc) is 3.07. The summed E-state index contributed by atoms with van der Waals surface area (Å²) in [6.07, 6.45) is -2.05. The summed E-state index contributed by atoms with van der Waals surface area (Å²) < 4.78 is 37.6. The molecule has 2 aromatic rings. The highest BCUT2D eigenvalue weighted by Crippen LogP contribution is 2.30. The van der Waals surface area contributed by atoms with Gasteiger partial charge in [-0.1, -0.05) is 0 Å².